The normalized spacial score (nSPS) is 10.6. The first-order valence-corrected chi connectivity index (χ1v) is 9.45. The molecule has 3 aromatic rings. The first kappa shape index (κ1) is 19.8. The molecule has 0 atom stereocenters. The number of pyridine rings is 1. The second-order valence-electron chi connectivity index (χ2n) is 6.47. The lowest BCUT2D eigenvalue weighted by Crippen LogP contribution is -2.30. The van der Waals surface area contributed by atoms with Gasteiger partial charge in [0.1, 0.15) is 0 Å². The minimum absolute atomic E-state index is 0.322. The maximum absolute atomic E-state index is 12.3. The third-order valence-electron chi connectivity index (χ3n) is 4.33. The molecule has 144 valence electrons. The average molecular weight is 397 g/mol. The summed E-state index contributed by atoms with van der Waals surface area (Å²) in [5.74, 6) is -0.901. The minimum Gasteiger partial charge on any atom is -0.452 e. The van der Waals surface area contributed by atoms with Crippen LogP contribution in [0, 0.1) is 6.92 Å². The summed E-state index contributed by atoms with van der Waals surface area (Å²) in [5.41, 5.74) is 2.84. The number of esters is 1. The van der Waals surface area contributed by atoms with Gasteiger partial charge in [-0.05, 0) is 49.6 Å². The third kappa shape index (κ3) is 5.30. The Morgan fingerprint density at radius 2 is 1.89 bits per heavy atom. The topological polar surface area (TPSA) is 68.3 Å². The van der Waals surface area contributed by atoms with Crippen molar-refractivity contribution in [1.29, 1.82) is 0 Å². The molecule has 0 saturated carbocycles. The number of ether oxygens (including phenoxy) is 1. The predicted molar refractivity (Wildman–Crippen MR) is 110 cm³/mol. The summed E-state index contributed by atoms with van der Waals surface area (Å²) in [7, 11) is 0. The molecule has 0 saturated heterocycles. The molecule has 1 N–H and O–H groups in total. The maximum Gasteiger partial charge on any atom is 0.340 e. The van der Waals surface area contributed by atoms with Crippen LogP contribution < -0.4 is 5.32 Å². The van der Waals surface area contributed by atoms with E-state index in [1.54, 1.807) is 31.2 Å². The fraction of sp³-hybridized carbons (Fsp3) is 0.227. The summed E-state index contributed by atoms with van der Waals surface area (Å²) < 4.78 is 5.14. The van der Waals surface area contributed by atoms with Crippen molar-refractivity contribution in [3.8, 4) is 0 Å². The van der Waals surface area contributed by atoms with E-state index >= 15 is 0 Å². The summed E-state index contributed by atoms with van der Waals surface area (Å²) in [6, 6.07) is 17.0. The molecule has 0 aliphatic carbocycles. The fourth-order valence-electron chi connectivity index (χ4n) is 2.88. The predicted octanol–water partition coefficient (Wildman–Crippen LogP) is 4.10. The van der Waals surface area contributed by atoms with Gasteiger partial charge in [-0.3, -0.25) is 9.78 Å². The Hall–Kier alpha value is -2.92. The van der Waals surface area contributed by atoms with Crippen LogP contribution >= 0.6 is 11.6 Å². The van der Waals surface area contributed by atoms with Gasteiger partial charge in [0.15, 0.2) is 6.61 Å². The van der Waals surface area contributed by atoms with Crippen LogP contribution in [0.1, 0.15) is 28.0 Å². The molecule has 2 aromatic carbocycles. The smallest absolute Gasteiger partial charge is 0.340 e. The van der Waals surface area contributed by atoms with Crippen LogP contribution in [0.2, 0.25) is 5.02 Å². The summed E-state index contributed by atoms with van der Waals surface area (Å²) in [5, 5.41) is 4.07. The van der Waals surface area contributed by atoms with Gasteiger partial charge in [-0.2, -0.15) is 0 Å². The Bertz CT molecular complexity index is 990. The molecular weight excluding hydrogens is 376 g/mol. The average Bonchev–Trinajstić information content (AvgIpc) is 2.70. The zero-order valence-corrected chi connectivity index (χ0v) is 16.3. The van der Waals surface area contributed by atoms with E-state index in [9.17, 15) is 9.59 Å². The number of benzene rings is 2. The highest BCUT2D eigenvalue weighted by Crippen LogP contribution is 2.21. The second kappa shape index (κ2) is 9.33. The Kier molecular flexibility index (Phi) is 6.61. The lowest BCUT2D eigenvalue weighted by molar-refractivity contribution is -0.124. The number of halogens is 1. The molecule has 0 aliphatic heterocycles. The van der Waals surface area contributed by atoms with Crippen LogP contribution in [-0.2, 0) is 16.0 Å². The van der Waals surface area contributed by atoms with Gasteiger partial charge >= 0.3 is 5.97 Å². The van der Waals surface area contributed by atoms with E-state index < -0.39 is 5.97 Å². The molecule has 3 rings (SSSR count). The van der Waals surface area contributed by atoms with Crippen LogP contribution in [0.15, 0.2) is 54.6 Å². The van der Waals surface area contributed by atoms with Crippen LogP contribution in [0.25, 0.3) is 10.9 Å². The SMILES string of the molecule is Cc1nc2ccc(Cl)cc2cc1C(=O)OCC(=O)NCCCc1ccccc1. The Morgan fingerprint density at radius 3 is 2.68 bits per heavy atom. The van der Waals surface area contributed by atoms with Gasteiger partial charge < -0.3 is 10.1 Å². The highest BCUT2D eigenvalue weighted by molar-refractivity contribution is 6.31. The first-order valence-electron chi connectivity index (χ1n) is 9.07. The lowest BCUT2D eigenvalue weighted by atomic mass is 10.1. The zero-order valence-electron chi connectivity index (χ0n) is 15.6. The van der Waals surface area contributed by atoms with Crippen LogP contribution in [0.5, 0.6) is 0 Å². The number of hydrogen-bond donors (Lipinski definition) is 1. The van der Waals surface area contributed by atoms with Gasteiger partial charge in [0.05, 0.1) is 16.8 Å². The molecule has 0 aliphatic rings. The van der Waals surface area contributed by atoms with E-state index in [0.717, 1.165) is 23.7 Å². The van der Waals surface area contributed by atoms with Crippen molar-refractivity contribution in [3.05, 3.63) is 76.4 Å². The molecular formula is C22H21ClN2O3. The molecule has 1 aromatic heterocycles. The standard InChI is InChI=1S/C22H21ClN2O3/c1-15-19(13-17-12-18(23)9-10-20(17)25-15)22(27)28-14-21(26)24-11-5-8-16-6-3-2-4-7-16/h2-4,6-7,9-10,12-13H,5,8,11,14H2,1H3,(H,24,26). The van der Waals surface area contributed by atoms with E-state index in [-0.39, 0.29) is 12.5 Å². The summed E-state index contributed by atoms with van der Waals surface area (Å²) >= 11 is 6.00. The number of aryl methyl sites for hydroxylation is 2. The lowest BCUT2D eigenvalue weighted by Gasteiger charge is -2.09. The molecule has 0 fully saturated rings. The Labute approximate surface area is 168 Å². The number of fused-ring (bicyclic) bond motifs is 1. The summed E-state index contributed by atoms with van der Waals surface area (Å²) in [4.78, 5) is 28.6. The van der Waals surface area contributed by atoms with Gasteiger partial charge in [0.2, 0.25) is 0 Å². The molecule has 0 radical (unpaired) electrons. The number of nitrogens with zero attached hydrogens (tertiary/aromatic N) is 1. The Balaban J connectivity index is 1.48. The molecule has 5 nitrogen and oxygen atoms in total. The molecule has 1 amide bonds. The molecule has 0 bridgehead atoms. The Morgan fingerprint density at radius 1 is 1.11 bits per heavy atom. The number of rotatable bonds is 7. The minimum atomic E-state index is -0.577. The monoisotopic (exact) mass is 396 g/mol. The van der Waals surface area contributed by atoms with Crippen LogP contribution in [-0.4, -0.2) is 30.0 Å². The van der Waals surface area contributed by atoms with Gasteiger partial charge in [-0.15, -0.1) is 0 Å². The number of aromatic nitrogens is 1. The molecule has 1 heterocycles. The van der Waals surface area contributed by atoms with Gasteiger partial charge in [0, 0.05) is 17.0 Å². The van der Waals surface area contributed by atoms with E-state index in [0.29, 0.717) is 22.8 Å². The van der Waals surface area contributed by atoms with E-state index in [4.69, 9.17) is 16.3 Å². The highest BCUT2D eigenvalue weighted by atomic mass is 35.5. The molecule has 0 unspecified atom stereocenters. The van der Waals surface area contributed by atoms with E-state index in [2.05, 4.69) is 22.4 Å². The molecule has 28 heavy (non-hydrogen) atoms. The van der Waals surface area contributed by atoms with Gasteiger partial charge in [-0.25, -0.2) is 4.79 Å². The fourth-order valence-corrected chi connectivity index (χ4v) is 3.06. The molecule has 0 spiro atoms. The van der Waals surface area contributed by atoms with Crippen molar-refractivity contribution < 1.29 is 14.3 Å². The number of hydrogen-bond acceptors (Lipinski definition) is 4. The van der Waals surface area contributed by atoms with Crippen molar-refractivity contribution in [2.24, 2.45) is 0 Å². The number of carbonyl (C=O) groups is 2. The van der Waals surface area contributed by atoms with Crippen molar-refractivity contribution >= 4 is 34.4 Å². The zero-order chi connectivity index (χ0) is 19.9. The second-order valence-corrected chi connectivity index (χ2v) is 6.91. The van der Waals surface area contributed by atoms with Crippen LogP contribution in [0.3, 0.4) is 0 Å². The van der Waals surface area contributed by atoms with E-state index in [1.165, 1.54) is 5.56 Å². The van der Waals surface area contributed by atoms with Crippen molar-refractivity contribution in [2.45, 2.75) is 19.8 Å². The van der Waals surface area contributed by atoms with Gasteiger partial charge in [0.25, 0.3) is 5.91 Å². The van der Waals surface area contributed by atoms with Crippen LogP contribution in [0.4, 0.5) is 0 Å². The summed E-state index contributed by atoms with van der Waals surface area (Å²) in [6.07, 6.45) is 1.70. The third-order valence-corrected chi connectivity index (χ3v) is 4.56. The highest BCUT2D eigenvalue weighted by Gasteiger charge is 2.15. The largest absolute Gasteiger partial charge is 0.452 e. The van der Waals surface area contributed by atoms with Gasteiger partial charge in [-0.1, -0.05) is 41.9 Å². The van der Waals surface area contributed by atoms with E-state index in [1.807, 2.05) is 18.2 Å². The maximum atomic E-state index is 12.3. The van der Waals surface area contributed by atoms with Crippen molar-refractivity contribution in [3.63, 3.8) is 0 Å². The number of carbonyl (C=O) groups excluding carboxylic acids is 2. The first-order chi connectivity index (χ1) is 13.5. The summed E-state index contributed by atoms with van der Waals surface area (Å²) in [6.45, 7) is 1.94. The number of amides is 1. The number of nitrogens with one attached hydrogen (secondary N) is 1. The quantitative estimate of drug-likeness (QED) is 0.482. The molecule has 6 heteroatoms. The van der Waals surface area contributed by atoms with Crippen molar-refractivity contribution in [1.82, 2.24) is 10.3 Å². The van der Waals surface area contributed by atoms with Crippen molar-refractivity contribution in [2.75, 3.05) is 13.2 Å².